The molecule has 1 atom stereocenters. The Labute approximate surface area is 93.3 Å². The maximum atomic E-state index is 10.2. The molecule has 1 unspecified atom stereocenters. The first kappa shape index (κ1) is 12.7. The van der Waals surface area contributed by atoms with Crippen molar-refractivity contribution < 1.29 is 9.84 Å². The molecule has 1 N–H and O–H groups in total. The molecule has 1 fully saturated rings. The highest BCUT2D eigenvalue weighted by atomic mass is 16.5. The van der Waals surface area contributed by atoms with Crippen molar-refractivity contribution in [2.45, 2.75) is 57.7 Å². The van der Waals surface area contributed by atoms with Crippen LogP contribution in [0.5, 0.6) is 0 Å². The molecule has 1 rings (SSSR count). The van der Waals surface area contributed by atoms with Crippen LogP contribution in [0.15, 0.2) is 12.2 Å². The first-order valence-electron chi connectivity index (χ1n) is 5.88. The van der Waals surface area contributed by atoms with Gasteiger partial charge in [0.25, 0.3) is 0 Å². The lowest BCUT2D eigenvalue weighted by Crippen LogP contribution is -2.46. The molecule has 1 aliphatic rings. The third kappa shape index (κ3) is 3.05. The number of hydrogen-bond donors (Lipinski definition) is 1. The van der Waals surface area contributed by atoms with Gasteiger partial charge in [0.2, 0.25) is 0 Å². The van der Waals surface area contributed by atoms with Gasteiger partial charge < -0.3 is 9.84 Å². The lowest BCUT2D eigenvalue weighted by molar-refractivity contribution is -0.127. The zero-order valence-corrected chi connectivity index (χ0v) is 10.3. The molecule has 0 saturated heterocycles. The molecule has 1 saturated carbocycles. The Kier molecular flexibility index (Phi) is 4.35. The highest BCUT2D eigenvalue weighted by molar-refractivity contribution is 5.00. The quantitative estimate of drug-likeness (QED) is 0.726. The normalized spacial score (nSPS) is 33.7. The molecule has 0 heterocycles. The van der Waals surface area contributed by atoms with Crippen molar-refractivity contribution >= 4 is 0 Å². The minimum absolute atomic E-state index is 0.314. The van der Waals surface area contributed by atoms with Gasteiger partial charge in [-0.15, -0.1) is 6.58 Å². The molecule has 2 heteroatoms. The number of methoxy groups -OCH3 is 1. The third-order valence-electron chi connectivity index (χ3n) is 3.68. The summed E-state index contributed by atoms with van der Waals surface area (Å²) in [6.45, 7) is 8.08. The molecule has 88 valence electrons. The molecular weight excluding hydrogens is 188 g/mol. The van der Waals surface area contributed by atoms with Crippen LogP contribution in [0.1, 0.15) is 46.0 Å². The molecule has 0 bridgehead atoms. The first-order valence-corrected chi connectivity index (χ1v) is 5.88. The zero-order valence-electron chi connectivity index (χ0n) is 10.3. The van der Waals surface area contributed by atoms with Gasteiger partial charge in [-0.2, -0.15) is 0 Å². The average Bonchev–Trinajstić information content (AvgIpc) is 2.18. The first-order chi connectivity index (χ1) is 7.00. The Morgan fingerprint density at radius 3 is 2.47 bits per heavy atom. The number of hydrogen-bond acceptors (Lipinski definition) is 2. The van der Waals surface area contributed by atoms with Gasteiger partial charge in [-0.1, -0.05) is 12.5 Å². The van der Waals surface area contributed by atoms with Gasteiger partial charge in [0, 0.05) is 7.11 Å². The van der Waals surface area contributed by atoms with Crippen molar-refractivity contribution in [2.75, 3.05) is 7.11 Å². The van der Waals surface area contributed by atoms with Crippen molar-refractivity contribution in [3.63, 3.8) is 0 Å². The summed E-state index contributed by atoms with van der Waals surface area (Å²) in [7, 11) is 1.72. The summed E-state index contributed by atoms with van der Waals surface area (Å²) in [5.74, 6) is 0.769. The van der Waals surface area contributed by atoms with E-state index in [1.807, 2.05) is 6.92 Å². The maximum Gasteiger partial charge on any atom is 0.0939 e. The molecule has 0 aromatic heterocycles. The van der Waals surface area contributed by atoms with E-state index in [2.05, 4.69) is 13.5 Å². The van der Waals surface area contributed by atoms with Crippen LogP contribution in [-0.2, 0) is 4.74 Å². The zero-order chi connectivity index (χ0) is 11.5. The predicted octanol–water partition coefficient (Wildman–Crippen LogP) is 2.91. The van der Waals surface area contributed by atoms with Crippen LogP contribution < -0.4 is 0 Å². The Morgan fingerprint density at radius 2 is 2.07 bits per heavy atom. The van der Waals surface area contributed by atoms with Gasteiger partial charge in [-0.05, 0) is 44.9 Å². The van der Waals surface area contributed by atoms with E-state index in [1.165, 1.54) is 0 Å². The summed E-state index contributed by atoms with van der Waals surface area (Å²) in [6, 6.07) is 0. The second kappa shape index (κ2) is 5.13. The van der Waals surface area contributed by atoms with Crippen LogP contribution in [0.4, 0.5) is 0 Å². The Hall–Kier alpha value is -0.340. The fraction of sp³-hybridized carbons (Fsp3) is 0.846. The molecule has 1 aliphatic carbocycles. The highest BCUT2D eigenvalue weighted by Crippen LogP contribution is 2.38. The van der Waals surface area contributed by atoms with Crippen molar-refractivity contribution in [3.05, 3.63) is 12.2 Å². The largest absolute Gasteiger partial charge is 0.390 e. The number of ether oxygens (including phenoxy) is 1. The van der Waals surface area contributed by atoms with Gasteiger partial charge in [0.05, 0.1) is 11.7 Å². The van der Waals surface area contributed by atoms with Crippen LogP contribution in [0.25, 0.3) is 0 Å². The van der Waals surface area contributed by atoms with Crippen LogP contribution >= 0.6 is 0 Å². The monoisotopic (exact) mass is 212 g/mol. The van der Waals surface area contributed by atoms with Gasteiger partial charge in [0.1, 0.15) is 0 Å². The summed E-state index contributed by atoms with van der Waals surface area (Å²) >= 11 is 0. The van der Waals surface area contributed by atoms with Gasteiger partial charge >= 0.3 is 0 Å². The van der Waals surface area contributed by atoms with E-state index in [0.717, 1.165) is 37.2 Å². The van der Waals surface area contributed by atoms with E-state index in [4.69, 9.17) is 4.74 Å². The van der Waals surface area contributed by atoms with Crippen molar-refractivity contribution in [3.8, 4) is 0 Å². The lowest BCUT2D eigenvalue weighted by Gasteiger charge is -2.41. The number of rotatable bonds is 4. The molecule has 2 nitrogen and oxygen atoms in total. The summed E-state index contributed by atoms with van der Waals surface area (Å²) in [4.78, 5) is 0. The highest BCUT2D eigenvalue weighted by Gasteiger charge is 2.40. The Balaban J connectivity index is 2.63. The summed E-state index contributed by atoms with van der Waals surface area (Å²) in [5, 5.41) is 10.2. The fourth-order valence-corrected chi connectivity index (χ4v) is 2.44. The molecular formula is C13H24O2. The molecule has 0 aromatic rings. The SMILES string of the molecule is C=C(C)CC(O)C1(OC)CCC(C)CC1. The van der Waals surface area contributed by atoms with E-state index in [0.29, 0.717) is 6.42 Å². The number of aliphatic hydroxyl groups excluding tert-OH is 1. The van der Waals surface area contributed by atoms with E-state index in [9.17, 15) is 5.11 Å². The van der Waals surface area contributed by atoms with Crippen molar-refractivity contribution in [2.24, 2.45) is 5.92 Å². The van der Waals surface area contributed by atoms with Gasteiger partial charge in [-0.25, -0.2) is 0 Å². The Bertz CT molecular complexity index is 215. The van der Waals surface area contributed by atoms with Crippen LogP contribution in [0, 0.1) is 5.92 Å². The van der Waals surface area contributed by atoms with E-state index < -0.39 is 6.10 Å². The minimum Gasteiger partial charge on any atom is -0.390 e. The third-order valence-corrected chi connectivity index (χ3v) is 3.68. The predicted molar refractivity (Wildman–Crippen MR) is 62.8 cm³/mol. The Morgan fingerprint density at radius 1 is 1.53 bits per heavy atom. The molecule has 0 radical (unpaired) electrons. The van der Waals surface area contributed by atoms with E-state index in [1.54, 1.807) is 7.11 Å². The standard InChI is InChI=1S/C13H24O2/c1-10(2)9-12(14)13(15-4)7-5-11(3)6-8-13/h11-12,14H,1,5-9H2,2-4H3. The second-order valence-electron chi connectivity index (χ2n) is 5.13. The molecule has 0 aromatic carbocycles. The van der Waals surface area contributed by atoms with Crippen molar-refractivity contribution in [1.29, 1.82) is 0 Å². The average molecular weight is 212 g/mol. The van der Waals surface area contributed by atoms with Gasteiger partial charge in [-0.3, -0.25) is 0 Å². The number of aliphatic hydroxyl groups is 1. The molecule has 0 aliphatic heterocycles. The van der Waals surface area contributed by atoms with Crippen LogP contribution in [0.3, 0.4) is 0 Å². The van der Waals surface area contributed by atoms with Gasteiger partial charge in [0.15, 0.2) is 0 Å². The topological polar surface area (TPSA) is 29.5 Å². The second-order valence-corrected chi connectivity index (χ2v) is 5.13. The summed E-state index contributed by atoms with van der Waals surface area (Å²) < 4.78 is 5.60. The maximum absolute atomic E-state index is 10.2. The van der Waals surface area contributed by atoms with Crippen LogP contribution in [-0.4, -0.2) is 23.9 Å². The fourth-order valence-electron chi connectivity index (χ4n) is 2.44. The van der Waals surface area contributed by atoms with Crippen molar-refractivity contribution in [1.82, 2.24) is 0 Å². The minimum atomic E-state index is -0.396. The molecule has 0 amide bonds. The smallest absolute Gasteiger partial charge is 0.0939 e. The van der Waals surface area contributed by atoms with Crippen LogP contribution in [0.2, 0.25) is 0 Å². The molecule has 0 spiro atoms. The molecule has 15 heavy (non-hydrogen) atoms. The lowest BCUT2D eigenvalue weighted by atomic mass is 9.75. The summed E-state index contributed by atoms with van der Waals surface area (Å²) in [5.41, 5.74) is 0.711. The summed E-state index contributed by atoms with van der Waals surface area (Å²) in [6.07, 6.45) is 4.51. The van der Waals surface area contributed by atoms with E-state index in [-0.39, 0.29) is 5.60 Å². The van der Waals surface area contributed by atoms with E-state index >= 15 is 0 Å².